The minimum absolute atomic E-state index is 0.0240. The molecule has 35 heavy (non-hydrogen) atoms. The van der Waals surface area contributed by atoms with Crippen LogP contribution in [0.2, 0.25) is 0 Å². The Bertz CT molecular complexity index is 1200. The van der Waals surface area contributed by atoms with Gasteiger partial charge in [0.15, 0.2) is 0 Å². The average Bonchev–Trinajstić information content (AvgIpc) is 2.82. The molecular formula is C22H25BrCl2N5O4P. The molecule has 0 amide bonds. The first-order valence-electron chi connectivity index (χ1n) is 10.7. The molecule has 1 heterocycles. The first-order chi connectivity index (χ1) is 16.8. The Kier molecular flexibility index (Phi) is 10.7. The number of halogens is 3. The predicted octanol–water partition coefficient (Wildman–Crippen LogP) is 5.68. The lowest BCUT2D eigenvalue weighted by Gasteiger charge is -2.26. The zero-order chi connectivity index (χ0) is 25.3. The largest absolute Gasteiger partial charge is 0.427 e. The molecule has 0 spiro atoms. The number of anilines is 2. The van der Waals surface area contributed by atoms with Crippen molar-refractivity contribution in [3.63, 3.8) is 0 Å². The molecule has 2 aromatic carbocycles. The van der Waals surface area contributed by atoms with Crippen LogP contribution in [0.4, 0.5) is 11.5 Å². The van der Waals surface area contributed by atoms with Gasteiger partial charge in [0.25, 0.3) is 0 Å². The zero-order valence-electron chi connectivity index (χ0n) is 18.7. The van der Waals surface area contributed by atoms with Gasteiger partial charge in [0.1, 0.15) is 17.9 Å². The molecule has 1 aromatic heterocycles. The average molecular weight is 605 g/mol. The number of esters is 1. The SMILES string of the molecule is NP(=O)(OCCCC(=O)Oc1ccc2ncnc(Nc3cccc(Br)c3)c2c1)N(CCCl)CCCl. The van der Waals surface area contributed by atoms with Gasteiger partial charge in [0, 0.05) is 46.8 Å². The Labute approximate surface area is 222 Å². The summed E-state index contributed by atoms with van der Waals surface area (Å²) in [6.45, 7) is 0.596. The maximum absolute atomic E-state index is 12.6. The number of nitrogens with two attached hydrogens (primary N) is 1. The van der Waals surface area contributed by atoms with E-state index in [4.69, 9.17) is 38.0 Å². The summed E-state index contributed by atoms with van der Waals surface area (Å²) in [4.78, 5) is 20.9. The van der Waals surface area contributed by atoms with Crippen LogP contribution in [0.1, 0.15) is 12.8 Å². The minimum atomic E-state index is -3.54. The van der Waals surface area contributed by atoms with Crippen molar-refractivity contribution >= 4 is 75.2 Å². The van der Waals surface area contributed by atoms with Crippen molar-refractivity contribution in [3.8, 4) is 5.75 Å². The lowest BCUT2D eigenvalue weighted by Crippen LogP contribution is -2.29. The standard InChI is InChI=1S/C22H25BrCl2N5O4P/c23-16-3-1-4-17(13-16)29-22-19-14-18(6-7-20(19)27-15-28-22)34-21(31)5-2-12-33-35(26,32)30(10-8-24)11-9-25/h1,3-4,6-7,13-15H,2,5,8-12H2,(H2,26,32)(H,27,28,29). The molecule has 3 aromatic rings. The van der Waals surface area contributed by atoms with Crippen molar-refractivity contribution in [2.45, 2.75) is 12.8 Å². The number of benzene rings is 2. The molecule has 9 nitrogen and oxygen atoms in total. The molecule has 1 unspecified atom stereocenters. The Hall–Kier alpha value is -1.78. The third kappa shape index (κ3) is 8.39. The maximum Gasteiger partial charge on any atom is 0.340 e. The number of rotatable bonds is 13. The van der Waals surface area contributed by atoms with E-state index in [1.165, 1.54) is 11.0 Å². The molecule has 0 saturated heterocycles. The van der Waals surface area contributed by atoms with Gasteiger partial charge < -0.3 is 14.6 Å². The van der Waals surface area contributed by atoms with E-state index >= 15 is 0 Å². The van der Waals surface area contributed by atoms with Gasteiger partial charge in [0.05, 0.1) is 12.1 Å². The number of alkyl halides is 2. The number of hydrogen-bond donors (Lipinski definition) is 2. The first-order valence-corrected chi connectivity index (χ1v) is 14.2. The Balaban J connectivity index is 1.58. The van der Waals surface area contributed by atoms with Gasteiger partial charge in [-0.25, -0.2) is 20.1 Å². The van der Waals surface area contributed by atoms with E-state index in [0.717, 1.165) is 10.2 Å². The highest BCUT2D eigenvalue weighted by Crippen LogP contribution is 2.42. The molecule has 0 radical (unpaired) electrons. The second-order valence-electron chi connectivity index (χ2n) is 7.34. The number of nitrogens with one attached hydrogen (secondary N) is 1. The minimum Gasteiger partial charge on any atom is -0.427 e. The van der Waals surface area contributed by atoms with Gasteiger partial charge in [-0.15, -0.1) is 23.2 Å². The fraction of sp³-hybridized carbons (Fsp3) is 0.318. The molecule has 13 heteroatoms. The molecule has 0 aliphatic carbocycles. The quantitative estimate of drug-likeness (QED) is 0.0834. The van der Waals surface area contributed by atoms with Gasteiger partial charge in [-0.2, -0.15) is 0 Å². The topological polar surface area (TPSA) is 120 Å². The van der Waals surface area contributed by atoms with Crippen LogP contribution in [0.15, 0.2) is 53.3 Å². The predicted molar refractivity (Wildman–Crippen MR) is 143 cm³/mol. The van der Waals surface area contributed by atoms with E-state index in [-0.39, 0.29) is 44.3 Å². The van der Waals surface area contributed by atoms with Gasteiger partial charge in [-0.05, 0) is 42.8 Å². The summed E-state index contributed by atoms with van der Waals surface area (Å²) in [6.07, 6.45) is 1.80. The van der Waals surface area contributed by atoms with Crippen molar-refractivity contribution < 1.29 is 18.6 Å². The van der Waals surface area contributed by atoms with E-state index in [0.29, 0.717) is 22.5 Å². The molecule has 3 rings (SSSR count). The zero-order valence-corrected chi connectivity index (χ0v) is 22.7. The number of carbonyl (C=O) groups excluding carboxylic acids is 1. The van der Waals surface area contributed by atoms with E-state index in [1.54, 1.807) is 18.2 Å². The van der Waals surface area contributed by atoms with Crippen molar-refractivity contribution in [3.05, 3.63) is 53.3 Å². The molecule has 0 aliphatic rings. The number of hydrogen-bond acceptors (Lipinski definition) is 7. The van der Waals surface area contributed by atoms with Gasteiger partial charge in [-0.1, -0.05) is 22.0 Å². The summed E-state index contributed by atoms with van der Waals surface area (Å²) < 4.78 is 25.7. The highest BCUT2D eigenvalue weighted by Gasteiger charge is 2.26. The summed E-state index contributed by atoms with van der Waals surface area (Å²) in [5, 5.41) is 3.95. The number of carbonyl (C=O) groups is 1. The molecule has 188 valence electrons. The lowest BCUT2D eigenvalue weighted by molar-refractivity contribution is -0.134. The van der Waals surface area contributed by atoms with Crippen LogP contribution in [0, 0.1) is 0 Å². The molecule has 1 atom stereocenters. The van der Waals surface area contributed by atoms with Gasteiger partial charge >= 0.3 is 13.6 Å². The lowest BCUT2D eigenvalue weighted by atomic mass is 10.2. The molecule has 0 bridgehead atoms. The summed E-state index contributed by atoms with van der Waals surface area (Å²) >= 11 is 14.9. The second kappa shape index (κ2) is 13.5. The molecule has 3 N–H and O–H groups in total. The van der Waals surface area contributed by atoms with E-state index < -0.39 is 13.6 Å². The van der Waals surface area contributed by atoms with Gasteiger partial charge in [-0.3, -0.25) is 9.36 Å². The van der Waals surface area contributed by atoms with E-state index in [1.807, 2.05) is 24.3 Å². The fourth-order valence-corrected chi connectivity index (χ4v) is 5.52. The number of fused-ring (bicyclic) bond motifs is 1. The summed E-state index contributed by atoms with van der Waals surface area (Å²) in [5.74, 6) is 0.957. The summed E-state index contributed by atoms with van der Waals surface area (Å²) in [5.41, 5.74) is 7.35. The number of nitrogens with zero attached hydrogens (tertiary/aromatic N) is 3. The van der Waals surface area contributed by atoms with Crippen LogP contribution in [-0.2, 0) is 13.9 Å². The third-order valence-corrected chi connectivity index (χ3v) is 7.38. The molecule has 0 aliphatic heterocycles. The van der Waals surface area contributed by atoms with E-state index in [2.05, 4.69) is 31.2 Å². The fourth-order valence-electron chi connectivity index (χ4n) is 3.16. The summed E-state index contributed by atoms with van der Waals surface area (Å²) in [6, 6.07) is 12.8. The number of aromatic nitrogens is 2. The van der Waals surface area contributed by atoms with Crippen LogP contribution in [0.25, 0.3) is 10.9 Å². The van der Waals surface area contributed by atoms with Crippen molar-refractivity contribution in [1.29, 1.82) is 0 Å². The first kappa shape index (κ1) is 27.8. The molecule has 0 fully saturated rings. The monoisotopic (exact) mass is 603 g/mol. The molecular weight excluding hydrogens is 580 g/mol. The molecule has 0 saturated carbocycles. The van der Waals surface area contributed by atoms with Crippen LogP contribution in [0.5, 0.6) is 5.75 Å². The summed E-state index contributed by atoms with van der Waals surface area (Å²) in [7, 11) is -3.54. The Morgan fingerprint density at radius 1 is 1.14 bits per heavy atom. The van der Waals surface area contributed by atoms with Crippen LogP contribution < -0.4 is 15.6 Å². The maximum atomic E-state index is 12.6. The normalized spacial score (nSPS) is 13.1. The highest BCUT2D eigenvalue weighted by molar-refractivity contribution is 9.10. The second-order valence-corrected chi connectivity index (χ2v) is 11.0. The van der Waals surface area contributed by atoms with E-state index in [9.17, 15) is 9.36 Å². The van der Waals surface area contributed by atoms with Crippen LogP contribution in [0.3, 0.4) is 0 Å². The Morgan fingerprint density at radius 3 is 2.63 bits per heavy atom. The number of ether oxygens (including phenoxy) is 1. The van der Waals surface area contributed by atoms with Crippen molar-refractivity contribution in [2.24, 2.45) is 5.50 Å². The van der Waals surface area contributed by atoms with Gasteiger partial charge in [0.2, 0.25) is 0 Å². The smallest absolute Gasteiger partial charge is 0.340 e. The van der Waals surface area contributed by atoms with Crippen LogP contribution >= 0.6 is 46.8 Å². The third-order valence-electron chi connectivity index (χ3n) is 4.81. The van der Waals surface area contributed by atoms with Crippen molar-refractivity contribution in [2.75, 3.05) is 36.8 Å². The Morgan fingerprint density at radius 2 is 1.91 bits per heavy atom. The van der Waals surface area contributed by atoms with Crippen molar-refractivity contribution in [1.82, 2.24) is 14.6 Å². The van der Waals surface area contributed by atoms with Crippen LogP contribution in [-0.4, -0.2) is 52.1 Å². The highest BCUT2D eigenvalue weighted by atomic mass is 79.9.